The normalized spacial score (nSPS) is 12.2. The average Bonchev–Trinajstić information content (AvgIpc) is 2.75. The predicted molar refractivity (Wildman–Crippen MR) is 75.9 cm³/mol. The molecule has 0 saturated heterocycles. The summed E-state index contributed by atoms with van der Waals surface area (Å²) in [4.78, 5) is 23.5. The largest absolute Gasteiger partial charge is 0.354 e. The Hall–Kier alpha value is -1.89. The Balaban J connectivity index is 2.43. The monoisotopic (exact) mass is 281 g/mol. The Labute approximate surface area is 119 Å². The van der Waals surface area contributed by atoms with Crippen molar-refractivity contribution in [3.63, 3.8) is 0 Å². The molecule has 112 valence electrons. The number of carbonyl (C=O) groups excluding carboxylic acids is 2. The van der Waals surface area contributed by atoms with Gasteiger partial charge in [-0.1, -0.05) is 0 Å². The van der Waals surface area contributed by atoms with Crippen molar-refractivity contribution in [2.24, 2.45) is 7.05 Å². The van der Waals surface area contributed by atoms with Crippen LogP contribution in [0.25, 0.3) is 0 Å². The third-order valence-electron chi connectivity index (χ3n) is 2.71. The maximum absolute atomic E-state index is 12.0. The molecule has 0 aromatic carbocycles. The number of carbonyl (C=O) groups is 2. The van der Waals surface area contributed by atoms with E-state index in [1.165, 1.54) is 0 Å². The summed E-state index contributed by atoms with van der Waals surface area (Å²) < 4.78 is 1.64. The van der Waals surface area contributed by atoms with Gasteiger partial charge in [-0.15, -0.1) is 0 Å². The Morgan fingerprint density at radius 3 is 2.60 bits per heavy atom. The summed E-state index contributed by atoms with van der Waals surface area (Å²) in [6.45, 7) is 4.11. The Kier molecular flexibility index (Phi) is 6.17. The van der Waals surface area contributed by atoms with Crippen LogP contribution in [-0.2, 0) is 16.6 Å². The van der Waals surface area contributed by atoms with E-state index in [4.69, 9.17) is 0 Å². The topological polar surface area (TPSA) is 88.1 Å². The van der Waals surface area contributed by atoms with Crippen LogP contribution in [0.1, 0.15) is 31.9 Å². The van der Waals surface area contributed by atoms with Crippen LogP contribution in [0.3, 0.4) is 0 Å². The van der Waals surface area contributed by atoms with Gasteiger partial charge in [0.05, 0.1) is 6.20 Å². The minimum Gasteiger partial charge on any atom is -0.354 e. The molecule has 0 fully saturated rings. The molecule has 0 aliphatic rings. The van der Waals surface area contributed by atoms with Crippen LogP contribution >= 0.6 is 0 Å². The molecule has 20 heavy (non-hydrogen) atoms. The van der Waals surface area contributed by atoms with Crippen LogP contribution in [0.5, 0.6) is 0 Å². The first kappa shape index (κ1) is 16.2. The first-order chi connectivity index (χ1) is 9.43. The van der Waals surface area contributed by atoms with Crippen LogP contribution in [0.2, 0.25) is 0 Å². The number of nitrogens with one attached hydrogen (secondary N) is 3. The molecule has 2 amide bonds. The molecule has 7 heteroatoms. The average molecular weight is 281 g/mol. The molecule has 1 heterocycles. The van der Waals surface area contributed by atoms with E-state index >= 15 is 0 Å². The quantitative estimate of drug-likeness (QED) is 0.641. The van der Waals surface area contributed by atoms with Gasteiger partial charge in [0, 0.05) is 37.8 Å². The Morgan fingerprint density at radius 2 is 2.10 bits per heavy atom. The summed E-state index contributed by atoms with van der Waals surface area (Å²) in [5, 5.41) is 12.5. The molecule has 1 rings (SSSR count). The smallest absolute Gasteiger partial charge is 0.241 e. The first-order valence-corrected chi connectivity index (χ1v) is 6.67. The van der Waals surface area contributed by atoms with Crippen molar-refractivity contribution in [3.8, 4) is 0 Å². The number of aryl methyl sites for hydroxylation is 1. The summed E-state index contributed by atoms with van der Waals surface area (Å²) in [6, 6.07) is -0.351. The van der Waals surface area contributed by atoms with Crippen molar-refractivity contribution < 1.29 is 9.59 Å². The summed E-state index contributed by atoms with van der Waals surface area (Å²) >= 11 is 0. The van der Waals surface area contributed by atoms with Crippen LogP contribution in [0.15, 0.2) is 12.4 Å². The van der Waals surface area contributed by atoms with Crippen LogP contribution in [-0.4, -0.2) is 41.2 Å². The molecule has 0 spiro atoms. The fourth-order valence-corrected chi connectivity index (χ4v) is 1.83. The first-order valence-electron chi connectivity index (χ1n) is 6.67. The summed E-state index contributed by atoms with van der Waals surface area (Å²) in [5.41, 5.74) is 0.791. The molecule has 0 saturated carbocycles. The fraction of sp³-hybridized carbons (Fsp3) is 0.615. The van der Waals surface area contributed by atoms with E-state index < -0.39 is 6.04 Å². The Morgan fingerprint density at radius 1 is 1.40 bits per heavy atom. The van der Waals surface area contributed by atoms with E-state index in [1.54, 1.807) is 31.2 Å². The van der Waals surface area contributed by atoms with E-state index in [9.17, 15) is 9.59 Å². The second kappa shape index (κ2) is 7.64. The van der Waals surface area contributed by atoms with Gasteiger partial charge in [0.15, 0.2) is 0 Å². The van der Waals surface area contributed by atoms with Gasteiger partial charge in [-0.05, 0) is 20.9 Å². The minimum atomic E-state index is -0.461. The van der Waals surface area contributed by atoms with Crippen LogP contribution < -0.4 is 16.0 Å². The van der Waals surface area contributed by atoms with E-state index in [-0.39, 0.29) is 24.3 Å². The SMILES string of the molecule is CNC(C(=O)NCCC(=O)NC(C)C)c1cnn(C)c1. The van der Waals surface area contributed by atoms with Crippen molar-refractivity contribution >= 4 is 11.8 Å². The van der Waals surface area contributed by atoms with Gasteiger partial charge in [0.25, 0.3) is 0 Å². The third-order valence-corrected chi connectivity index (χ3v) is 2.71. The maximum atomic E-state index is 12.0. The summed E-state index contributed by atoms with van der Waals surface area (Å²) in [5.74, 6) is -0.236. The Bertz CT molecular complexity index is 455. The van der Waals surface area contributed by atoms with Crippen LogP contribution in [0.4, 0.5) is 0 Å². The number of amides is 2. The van der Waals surface area contributed by atoms with Crippen molar-refractivity contribution in [2.75, 3.05) is 13.6 Å². The standard InChI is InChI=1S/C13H23N5O2/c1-9(2)17-11(19)5-6-15-13(20)12(14-3)10-7-16-18(4)8-10/h7-9,12,14H,5-6H2,1-4H3,(H,15,20)(H,17,19). The number of aromatic nitrogens is 2. The predicted octanol–water partition coefficient (Wildman–Crippen LogP) is -0.288. The van der Waals surface area contributed by atoms with Gasteiger partial charge in [0.2, 0.25) is 11.8 Å². The van der Waals surface area contributed by atoms with Crippen molar-refractivity contribution in [1.82, 2.24) is 25.7 Å². The lowest BCUT2D eigenvalue weighted by atomic mass is 10.1. The van der Waals surface area contributed by atoms with Crippen LogP contribution in [0, 0.1) is 0 Å². The highest BCUT2D eigenvalue weighted by molar-refractivity contribution is 5.83. The zero-order valence-electron chi connectivity index (χ0n) is 12.4. The molecule has 1 aromatic rings. The lowest BCUT2D eigenvalue weighted by Gasteiger charge is -2.14. The molecule has 0 aliphatic heterocycles. The van der Waals surface area contributed by atoms with Gasteiger partial charge < -0.3 is 16.0 Å². The number of rotatable bonds is 7. The zero-order valence-corrected chi connectivity index (χ0v) is 12.4. The highest BCUT2D eigenvalue weighted by Crippen LogP contribution is 2.10. The number of hydrogen-bond acceptors (Lipinski definition) is 4. The van der Waals surface area contributed by atoms with Gasteiger partial charge in [-0.25, -0.2) is 0 Å². The number of hydrogen-bond donors (Lipinski definition) is 3. The van der Waals surface area contributed by atoms with E-state index in [0.717, 1.165) is 5.56 Å². The molecule has 7 nitrogen and oxygen atoms in total. The number of nitrogens with zero attached hydrogens (tertiary/aromatic N) is 2. The van der Waals surface area contributed by atoms with Crippen molar-refractivity contribution in [2.45, 2.75) is 32.4 Å². The molecule has 0 radical (unpaired) electrons. The fourth-order valence-electron chi connectivity index (χ4n) is 1.83. The van der Waals surface area contributed by atoms with Gasteiger partial charge >= 0.3 is 0 Å². The van der Waals surface area contributed by atoms with Gasteiger partial charge in [-0.2, -0.15) is 5.10 Å². The molecule has 1 unspecified atom stereocenters. The minimum absolute atomic E-state index is 0.0670. The summed E-state index contributed by atoms with van der Waals surface area (Å²) in [7, 11) is 3.51. The zero-order chi connectivity index (χ0) is 15.1. The second-order valence-electron chi connectivity index (χ2n) is 4.93. The molecule has 1 aromatic heterocycles. The highest BCUT2D eigenvalue weighted by atomic mass is 16.2. The molecular weight excluding hydrogens is 258 g/mol. The molecule has 0 aliphatic carbocycles. The second-order valence-corrected chi connectivity index (χ2v) is 4.93. The van der Waals surface area contributed by atoms with Gasteiger partial charge in [0.1, 0.15) is 6.04 Å². The lowest BCUT2D eigenvalue weighted by molar-refractivity contribution is -0.123. The molecule has 1 atom stereocenters. The summed E-state index contributed by atoms with van der Waals surface area (Å²) in [6.07, 6.45) is 3.70. The van der Waals surface area contributed by atoms with E-state index in [2.05, 4.69) is 21.0 Å². The highest BCUT2D eigenvalue weighted by Gasteiger charge is 2.19. The van der Waals surface area contributed by atoms with Crippen molar-refractivity contribution in [3.05, 3.63) is 18.0 Å². The van der Waals surface area contributed by atoms with E-state index in [1.807, 2.05) is 13.8 Å². The van der Waals surface area contributed by atoms with Gasteiger partial charge in [-0.3, -0.25) is 14.3 Å². The number of likely N-dealkylation sites (N-methyl/N-ethyl adjacent to an activating group) is 1. The lowest BCUT2D eigenvalue weighted by Crippen LogP contribution is -2.38. The third kappa shape index (κ3) is 5.00. The van der Waals surface area contributed by atoms with E-state index in [0.29, 0.717) is 6.54 Å². The molecule has 0 bridgehead atoms. The van der Waals surface area contributed by atoms with Crippen molar-refractivity contribution in [1.29, 1.82) is 0 Å². The molecular formula is C13H23N5O2. The molecule has 3 N–H and O–H groups in total. The maximum Gasteiger partial charge on any atom is 0.241 e.